The predicted octanol–water partition coefficient (Wildman–Crippen LogP) is 1.98. The van der Waals surface area contributed by atoms with E-state index in [0.29, 0.717) is 17.5 Å². The summed E-state index contributed by atoms with van der Waals surface area (Å²) in [5, 5.41) is 13.0. The van der Waals surface area contributed by atoms with Gasteiger partial charge in [0.25, 0.3) is 0 Å². The second kappa shape index (κ2) is 6.79. The van der Waals surface area contributed by atoms with E-state index in [0.717, 1.165) is 24.9 Å². The molecule has 2 unspecified atom stereocenters. The molecular weight excluding hydrogens is 286 g/mol. The lowest BCUT2D eigenvalue weighted by Crippen LogP contribution is -2.34. The molecule has 5 heteroatoms. The summed E-state index contributed by atoms with van der Waals surface area (Å²) in [6, 6.07) is 7.64. The molecule has 2 rings (SSSR count). The first-order valence-corrected chi connectivity index (χ1v) is 9.39. The minimum atomic E-state index is -2.86. The Morgan fingerprint density at radius 3 is 2.71 bits per heavy atom. The number of sulfone groups is 1. The average Bonchev–Trinajstić information content (AvgIpc) is 2.74. The summed E-state index contributed by atoms with van der Waals surface area (Å²) in [6.07, 6.45) is 1.56. The Hall–Kier alpha value is -1.07. The largest absolute Gasteiger partial charge is 0.508 e. The smallest absolute Gasteiger partial charge is 0.150 e. The third-order valence-electron chi connectivity index (χ3n) is 4.13. The number of phenolic OH excluding ortho intramolecular Hbond substituents is 1. The van der Waals surface area contributed by atoms with E-state index < -0.39 is 9.84 Å². The van der Waals surface area contributed by atoms with Gasteiger partial charge in [-0.2, -0.15) is 0 Å². The van der Waals surface area contributed by atoms with E-state index in [-0.39, 0.29) is 17.6 Å². The molecule has 1 fully saturated rings. The highest BCUT2D eigenvalue weighted by atomic mass is 32.2. The number of hydrogen-bond acceptors (Lipinski definition) is 4. The van der Waals surface area contributed by atoms with Crippen LogP contribution in [0, 0.1) is 11.8 Å². The van der Waals surface area contributed by atoms with Crippen LogP contribution >= 0.6 is 0 Å². The van der Waals surface area contributed by atoms with Crippen LogP contribution in [-0.4, -0.2) is 37.6 Å². The number of aromatic hydroxyl groups is 1. The van der Waals surface area contributed by atoms with Crippen molar-refractivity contribution in [3.8, 4) is 5.75 Å². The van der Waals surface area contributed by atoms with Crippen LogP contribution in [0.15, 0.2) is 24.3 Å². The molecule has 1 aromatic carbocycles. The van der Waals surface area contributed by atoms with Crippen LogP contribution in [0.5, 0.6) is 5.75 Å². The molecule has 1 saturated heterocycles. The van der Waals surface area contributed by atoms with Gasteiger partial charge in [-0.25, -0.2) is 8.42 Å². The number of hydrogen-bond donors (Lipinski definition) is 2. The van der Waals surface area contributed by atoms with Gasteiger partial charge in [-0.15, -0.1) is 0 Å². The van der Waals surface area contributed by atoms with Crippen LogP contribution in [0.25, 0.3) is 0 Å². The van der Waals surface area contributed by atoms with Gasteiger partial charge >= 0.3 is 0 Å². The summed E-state index contributed by atoms with van der Waals surface area (Å²) < 4.78 is 23.5. The molecule has 1 aliphatic heterocycles. The zero-order chi connectivity index (χ0) is 15.5. The first kappa shape index (κ1) is 16.3. The van der Waals surface area contributed by atoms with Gasteiger partial charge in [0.2, 0.25) is 0 Å². The van der Waals surface area contributed by atoms with Crippen LogP contribution in [0.4, 0.5) is 0 Å². The van der Waals surface area contributed by atoms with Crippen molar-refractivity contribution in [1.82, 2.24) is 5.32 Å². The van der Waals surface area contributed by atoms with Crippen molar-refractivity contribution in [3.05, 3.63) is 29.8 Å². The Morgan fingerprint density at radius 2 is 2.14 bits per heavy atom. The highest BCUT2D eigenvalue weighted by Gasteiger charge is 2.33. The molecule has 0 aliphatic carbocycles. The van der Waals surface area contributed by atoms with Crippen molar-refractivity contribution in [2.45, 2.75) is 32.7 Å². The summed E-state index contributed by atoms with van der Waals surface area (Å²) in [6.45, 7) is 5.00. The summed E-state index contributed by atoms with van der Waals surface area (Å²) in [5.74, 6) is 1.38. The normalized spacial score (nSPS) is 22.5. The zero-order valence-corrected chi connectivity index (χ0v) is 13.6. The van der Waals surface area contributed by atoms with E-state index in [9.17, 15) is 13.5 Å². The van der Waals surface area contributed by atoms with Gasteiger partial charge in [0.1, 0.15) is 5.75 Å². The quantitative estimate of drug-likeness (QED) is 0.843. The Kier molecular flexibility index (Phi) is 5.27. The van der Waals surface area contributed by atoms with Gasteiger partial charge in [-0.1, -0.05) is 26.0 Å². The molecule has 0 aromatic heterocycles. The number of benzene rings is 1. The molecule has 1 aliphatic rings. The molecule has 4 nitrogen and oxygen atoms in total. The second-order valence-electron chi connectivity index (χ2n) is 6.36. The Labute approximate surface area is 127 Å². The monoisotopic (exact) mass is 311 g/mol. The standard InChI is InChI=1S/C16H25NO3S/c1-12(2)17-10-15(14-6-7-21(19,20)11-14)8-13-4-3-5-16(18)9-13/h3-5,9,12,14-15,17-18H,6-8,10-11H2,1-2H3. The topological polar surface area (TPSA) is 66.4 Å². The van der Waals surface area contributed by atoms with Crippen LogP contribution in [0.2, 0.25) is 0 Å². The van der Waals surface area contributed by atoms with Gasteiger partial charge < -0.3 is 10.4 Å². The van der Waals surface area contributed by atoms with Crippen LogP contribution < -0.4 is 5.32 Å². The summed E-state index contributed by atoms with van der Waals surface area (Å²) >= 11 is 0. The van der Waals surface area contributed by atoms with Gasteiger partial charge in [0.05, 0.1) is 11.5 Å². The van der Waals surface area contributed by atoms with Gasteiger partial charge in [0, 0.05) is 6.04 Å². The maximum Gasteiger partial charge on any atom is 0.150 e. The zero-order valence-electron chi connectivity index (χ0n) is 12.7. The molecule has 1 heterocycles. The van der Waals surface area contributed by atoms with E-state index in [1.807, 2.05) is 12.1 Å². The Balaban J connectivity index is 2.08. The molecule has 0 bridgehead atoms. The minimum absolute atomic E-state index is 0.212. The number of rotatable bonds is 6. The molecule has 0 spiro atoms. The van der Waals surface area contributed by atoms with Gasteiger partial charge in [0.15, 0.2) is 9.84 Å². The first-order valence-electron chi connectivity index (χ1n) is 7.57. The minimum Gasteiger partial charge on any atom is -0.508 e. The van der Waals surface area contributed by atoms with Crippen molar-refractivity contribution in [1.29, 1.82) is 0 Å². The molecule has 21 heavy (non-hydrogen) atoms. The average molecular weight is 311 g/mol. The summed E-state index contributed by atoms with van der Waals surface area (Å²) in [7, 11) is -2.86. The Morgan fingerprint density at radius 1 is 1.38 bits per heavy atom. The fourth-order valence-corrected chi connectivity index (χ4v) is 4.89. The maximum atomic E-state index is 11.7. The fourth-order valence-electron chi connectivity index (χ4n) is 2.97. The van der Waals surface area contributed by atoms with Crippen molar-refractivity contribution in [2.75, 3.05) is 18.1 Å². The number of phenols is 1. The molecular formula is C16H25NO3S. The summed E-state index contributed by atoms with van der Waals surface area (Å²) in [5.41, 5.74) is 1.06. The van der Waals surface area contributed by atoms with E-state index in [4.69, 9.17) is 0 Å². The third kappa shape index (κ3) is 5.00. The highest BCUT2D eigenvalue weighted by Crippen LogP contribution is 2.29. The third-order valence-corrected chi connectivity index (χ3v) is 5.92. The second-order valence-corrected chi connectivity index (χ2v) is 8.59. The molecule has 2 N–H and O–H groups in total. The van der Waals surface area contributed by atoms with Crippen LogP contribution in [0.3, 0.4) is 0 Å². The first-order chi connectivity index (χ1) is 9.85. The summed E-state index contributed by atoms with van der Waals surface area (Å²) in [4.78, 5) is 0. The fraction of sp³-hybridized carbons (Fsp3) is 0.625. The van der Waals surface area contributed by atoms with Crippen LogP contribution in [0.1, 0.15) is 25.8 Å². The van der Waals surface area contributed by atoms with Crippen molar-refractivity contribution >= 4 is 9.84 Å². The lowest BCUT2D eigenvalue weighted by atomic mass is 9.86. The lowest BCUT2D eigenvalue weighted by molar-refractivity contribution is 0.333. The highest BCUT2D eigenvalue weighted by molar-refractivity contribution is 7.91. The molecule has 0 saturated carbocycles. The van der Waals surface area contributed by atoms with E-state index in [1.54, 1.807) is 12.1 Å². The lowest BCUT2D eigenvalue weighted by Gasteiger charge is -2.24. The van der Waals surface area contributed by atoms with E-state index >= 15 is 0 Å². The van der Waals surface area contributed by atoms with Crippen LogP contribution in [-0.2, 0) is 16.3 Å². The van der Waals surface area contributed by atoms with E-state index in [2.05, 4.69) is 19.2 Å². The molecule has 0 amide bonds. The van der Waals surface area contributed by atoms with E-state index in [1.165, 1.54) is 0 Å². The van der Waals surface area contributed by atoms with Crippen molar-refractivity contribution in [2.24, 2.45) is 11.8 Å². The Bertz CT molecular complexity index is 569. The maximum absolute atomic E-state index is 11.7. The predicted molar refractivity (Wildman–Crippen MR) is 85.2 cm³/mol. The van der Waals surface area contributed by atoms with Crippen molar-refractivity contribution < 1.29 is 13.5 Å². The van der Waals surface area contributed by atoms with Crippen molar-refractivity contribution in [3.63, 3.8) is 0 Å². The van der Waals surface area contributed by atoms with Gasteiger partial charge in [-0.05, 0) is 48.9 Å². The molecule has 118 valence electrons. The molecule has 2 atom stereocenters. The van der Waals surface area contributed by atoms with Gasteiger partial charge in [-0.3, -0.25) is 0 Å². The molecule has 0 radical (unpaired) electrons. The SMILES string of the molecule is CC(C)NCC(Cc1cccc(O)c1)C1CCS(=O)(=O)C1. The molecule has 1 aromatic rings. The number of nitrogens with one attached hydrogen (secondary N) is 1.